The van der Waals surface area contributed by atoms with Crippen molar-refractivity contribution in [1.29, 1.82) is 0 Å². The van der Waals surface area contributed by atoms with Crippen LogP contribution in [-0.4, -0.2) is 16.1 Å². The van der Waals surface area contributed by atoms with E-state index in [1.807, 2.05) is 0 Å². The number of oxazole rings is 1. The highest BCUT2D eigenvalue weighted by atomic mass is 19.1. The Labute approximate surface area is 87.1 Å². The molecule has 0 bridgehead atoms. The molecule has 0 aliphatic carbocycles. The van der Waals surface area contributed by atoms with Crippen LogP contribution in [0.3, 0.4) is 0 Å². The van der Waals surface area contributed by atoms with E-state index >= 15 is 0 Å². The number of hydrogen-bond acceptors (Lipinski definition) is 3. The fraction of sp³-hybridized carbons (Fsp3) is 0.600. The Hall–Kier alpha value is -1.39. The lowest BCUT2D eigenvalue weighted by Gasteiger charge is -2.15. The normalized spacial score (nSPS) is 12.9. The van der Waals surface area contributed by atoms with Crippen molar-refractivity contribution in [1.82, 2.24) is 4.98 Å². The zero-order valence-corrected chi connectivity index (χ0v) is 9.17. The van der Waals surface area contributed by atoms with Crippen molar-refractivity contribution >= 4 is 5.97 Å². The Bertz CT molecular complexity index is 376. The first-order valence-electron chi connectivity index (χ1n) is 4.55. The molecule has 0 aromatic carbocycles. The molecule has 0 amide bonds. The molecule has 0 unspecified atom stereocenters. The van der Waals surface area contributed by atoms with Gasteiger partial charge in [0.2, 0.25) is 5.89 Å². The van der Waals surface area contributed by atoms with Crippen LogP contribution in [0, 0.1) is 0 Å². The predicted molar refractivity (Wildman–Crippen MR) is 51.3 cm³/mol. The quantitative estimate of drug-likeness (QED) is 0.839. The first-order valence-corrected chi connectivity index (χ1v) is 4.55. The van der Waals surface area contributed by atoms with E-state index in [1.54, 1.807) is 0 Å². The number of hydrogen-bond donors (Lipinski definition) is 1. The van der Waals surface area contributed by atoms with Crippen molar-refractivity contribution < 1.29 is 18.7 Å². The molecule has 0 spiro atoms. The molecule has 4 nitrogen and oxygen atoms in total. The molecule has 0 fully saturated rings. The van der Waals surface area contributed by atoms with E-state index in [4.69, 9.17) is 9.52 Å². The number of nitrogens with zero attached hydrogens (tertiary/aromatic N) is 1. The van der Waals surface area contributed by atoms with Gasteiger partial charge in [0.15, 0.2) is 5.67 Å². The molecule has 1 aromatic rings. The van der Waals surface area contributed by atoms with Gasteiger partial charge in [-0.1, -0.05) is 0 Å². The second kappa shape index (κ2) is 3.32. The van der Waals surface area contributed by atoms with Gasteiger partial charge in [-0.05, 0) is 27.7 Å². The Balaban J connectivity index is 3.10. The minimum atomic E-state index is -1.70. The van der Waals surface area contributed by atoms with E-state index in [9.17, 15) is 9.18 Å². The molecule has 1 heterocycles. The second-order valence-electron chi connectivity index (χ2n) is 4.43. The summed E-state index contributed by atoms with van der Waals surface area (Å²) in [5, 5.41) is 8.93. The zero-order valence-electron chi connectivity index (χ0n) is 9.17. The zero-order chi connectivity index (χ0) is 11.9. The predicted octanol–water partition coefficient (Wildman–Crippen LogP) is 2.24. The number of rotatable bonds is 3. The first-order chi connectivity index (χ1) is 6.65. The van der Waals surface area contributed by atoms with Gasteiger partial charge < -0.3 is 9.52 Å². The number of carboxylic acid groups (broad SMARTS) is 1. The van der Waals surface area contributed by atoms with Gasteiger partial charge in [0.05, 0.1) is 6.20 Å². The molecule has 0 saturated heterocycles. The number of carboxylic acids is 1. The molecule has 0 aliphatic rings. The first kappa shape index (κ1) is 11.7. The van der Waals surface area contributed by atoms with Crippen molar-refractivity contribution in [2.75, 3.05) is 0 Å². The molecule has 0 aliphatic heterocycles. The fourth-order valence-electron chi connectivity index (χ4n) is 0.943. The van der Waals surface area contributed by atoms with Gasteiger partial charge in [-0.25, -0.2) is 9.37 Å². The Morgan fingerprint density at radius 2 is 2.00 bits per heavy atom. The third kappa shape index (κ3) is 2.16. The molecular formula is C10H14FNO3. The van der Waals surface area contributed by atoms with Crippen LogP contribution in [0.2, 0.25) is 0 Å². The van der Waals surface area contributed by atoms with Crippen molar-refractivity contribution in [2.24, 2.45) is 0 Å². The van der Waals surface area contributed by atoms with Crippen molar-refractivity contribution in [2.45, 2.75) is 38.8 Å². The van der Waals surface area contributed by atoms with Gasteiger partial charge in [-0.15, -0.1) is 0 Å². The fourth-order valence-corrected chi connectivity index (χ4v) is 0.943. The lowest BCUT2D eigenvalue weighted by molar-refractivity contribution is -0.143. The standard InChI is InChI=1S/C10H14FNO3/c1-9(2,8(13)14)6-5-12-7(15-6)10(3,4)11/h5H,1-4H3,(H,13,14). The van der Waals surface area contributed by atoms with E-state index in [0.717, 1.165) is 0 Å². The number of halogens is 1. The van der Waals surface area contributed by atoms with Crippen LogP contribution < -0.4 is 0 Å². The van der Waals surface area contributed by atoms with E-state index in [-0.39, 0.29) is 11.7 Å². The summed E-state index contributed by atoms with van der Waals surface area (Å²) in [7, 11) is 0. The summed E-state index contributed by atoms with van der Waals surface area (Å²) >= 11 is 0. The summed E-state index contributed by atoms with van der Waals surface area (Å²) in [6.45, 7) is 5.56. The van der Waals surface area contributed by atoms with Gasteiger partial charge in [0, 0.05) is 0 Å². The third-order valence-electron chi connectivity index (χ3n) is 2.16. The number of aliphatic carboxylic acids is 1. The summed E-state index contributed by atoms with van der Waals surface area (Å²) < 4.78 is 18.5. The Morgan fingerprint density at radius 3 is 2.33 bits per heavy atom. The minimum Gasteiger partial charge on any atom is -0.481 e. The van der Waals surface area contributed by atoms with Gasteiger partial charge in [0.1, 0.15) is 11.2 Å². The second-order valence-corrected chi connectivity index (χ2v) is 4.43. The van der Waals surface area contributed by atoms with E-state index in [1.165, 1.54) is 33.9 Å². The summed E-state index contributed by atoms with van der Waals surface area (Å²) in [6.07, 6.45) is 1.25. The van der Waals surface area contributed by atoms with Gasteiger partial charge >= 0.3 is 5.97 Å². The van der Waals surface area contributed by atoms with Crippen molar-refractivity contribution in [3.05, 3.63) is 17.8 Å². The van der Waals surface area contributed by atoms with Crippen molar-refractivity contribution in [3.8, 4) is 0 Å². The summed E-state index contributed by atoms with van der Waals surface area (Å²) in [5.74, 6) is -0.996. The van der Waals surface area contributed by atoms with Gasteiger partial charge in [-0.2, -0.15) is 0 Å². The Morgan fingerprint density at radius 1 is 1.47 bits per heavy atom. The van der Waals surface area contributed by atoms with E-state index < -0.39 is 17.1 Å². The molecule has 0 saturated carbocycles. The molecular weight excluding hydrogens is 201 g/mol. The smallest absolute Gasteiger partial charge is 0.316 e. The van der Waals surface area contributed by atoms with Crippen LogP contribution in [0.25, 0.3) is 0 Å². The summed E-state index contributed by atoms with van der Waals surface area (Å²) in [6, 6.07) is 0. The van der Waals surface area contributed by atoms with Crippen LogP contribution in [-0.2, 0) is 15.9 Å². The maximum absolute atomic E-state index is 13.4. The Kier molecular flexibility index (Phi) is 2.59. The number of alkyl halides is 1. The highest BCUT2D eigenvalue weighted by Gasteiger charge is 2.35. The van der Waals surface area contributed by atoms with Gasteiger partial charge in [-0.3, -0.25) is 4.79 Å². The number of aromatic nitrogens is 1. The third-order valence-corrected chi connectivity index (χ3v) is 2.16. The largest absolute Gasteiger partial charge is 0.481 e. The van der Waals surface area contributed by atoms with Gasteiger partial charge in [0.25, 0.3) is 0 Å². The van der Waals surface area contributed by atoms with E-state index in [0.29, 0.717) is 0 Å². The molecule has 1 rings (SSSR count). The summed E-state index contributed by atoms with van der Waals surface area (Å²) in [4.78, 5) is 14.6. The highest BCUT2D eigenvalue weighted by Crippen LogP contribution is 2.29. The van der Waals surface area contributed by atoms with E-state index in [2.05, 4.69) is 4.98 Å². The SMILES string of the molecule is CC(C)(F)c1ncc(C(C)(C)C(=O)O)o1. The topological polar surface area (TPSA) is 63.3 Å². The van der Waals surface area contributed by atoms with Crippen LogP contribution in [0.1, 0.15) is 39.3 Å². The van der Waals surface area contributed by atoms with Crippen LogP contribution in [0.15, 0.2) is 10.6 Å². The maximum atomic E-state index is 13.4. The highest BCUT2D eigenvalue weighted by molar-refractivity contribution is 5.79. The molecule has 0 atom stereocenters. The lowest BCUT2D eigenvalue weighted by Crippen LogP contribution is -2.27. The maximum Gasteiger partial charge on any atom is 0.316 e. The average Bonchev–Trinajstić information content (AvgIpc) is 2.50. The molecule has 1 N–H and O–H groups in total. The number of carbonyl (C=O) groups is 1. The molecule has 15 heavy (non-hydrogen) atoms. The molecule has 0 radical (unpaired) electrons. The van der Waals surface area contributed by atoms with Crippen LogP contribution in [0.4, 0.5) is 4.39 Å². The van der Waals surface area contributed by atoms with Crippen LogP contribution in [0.5, 0.6) is 0 Å². The molecule has 84 valence electrons. The minimum absolute atomic E-state index is 0.105. The monoisotopic (exact) mass is 215 g/mol. The lowest BCUT2D eigenvalue weighted by atomic mass is 9.91. The average molecular weight is 215 g/mol. The molecule has 1 aromatic heterocycles. The molecule has 5 heteroatoms. The van der Waals surface area contributed by atoms with Crippen LogP contribution >= 0.6 is 0 Å². The summed E-state index contributed by atoms with van der Waals surface area (Å²) in [5.41, 5.74) is -2.90. The van der Waals surface area contributed by atoms with Crippen molar-refractivity contribution in [3.63, 3.8) is 0 Å².